The SMILES string of the molecule is C.C.C.CC.CC.CC.CC.CC.CC.CC.OB(c1ccccc1)c1ccccc1.[Br-].[Mg+2].[c-]1ccccc1.c1ccc([B-]2(c3ccccc3)Oc3cccc4ccc[n+]2c34)cc1.c1ccc([B-]2(c3ccccc3)[NH2+]CCO2)cc1. The average Bonchev–Trinajstić information content (AvgIpc) is 4.19. The van der Waals surface area contributed by atoms with Crippen molar-refractivity contribution in [1.29, 1.82) is 0 Å². The number of hydrogen-bond acceptors (Lipinski definition) is 3. The zero-order chi connectivity index (χ0) is 55.6. The first kappa shape index (κ1) is 83.1. The van der Waals surface area contributed by atoms with E-state index in [-0.39, 0.29) is 62.3 Å². The summed E-state index contributed by atoms with van der Waals surface area (Å²) < 4.78 is 15.1. The maximum atomic E-state index is 9.99. The summed E-state index contributed by atoms with van der Waals surface area (Å²) in [7, 11) is 0. The maximum absolute atomic E-state index is 9.99. The van der Waals surface area contributed by atoms with Gasteiger partial charge in [-0.1, -0.05) is 318 Å². The fourth-order valence-corrected chi connectivity index (χ4v) is 8.54. The van der Waals surface area contributed by atoms with E-state index in [1.807, 2.05) is 212 Å². The van der Waals surface area contributed by atoms with E-state index in [4.69, 9.17) is 9.31 Å². The van der Waals surface area contributed by atoms with Crippen LogP contribution in [0.2, 0.25) is 0 Å². The van der Waals surface area contributed by atoms with Gasteiger partial charge in [-0.15, -0.1) is 10.9 Å². The van der Waals surface area contributed by atoms with Crippen molar-refractivity contribution in [3.8, 4) is 5.75 Å². The summed E-state index contributed by atoms with van der Waals surface area (Å²) >= 11 is 0. The number of aromatic nitrogens is 1. The first-order chi connectivity index (χ1) is 37.2. The van der Waals surface area contributed by atoms with Crippen LogP contribution in [0.1, 0.15) is 119 Å². The normalized spacial score (nSPS) is 11.0. The van der Waals surface area contributed by atoms with Gasteiger partial charge in [-0.3, -0.25) is 0 Å². The number of para-hydroxylation sites is 1. The van der Waals surface area contributed by atoms with Crippen LogP contribution in [0, 0.1) is 6.07 Å². The monoisotopic (exact) mass is 1150 g/mol. The van der Waals surface area contributed by atoms with Crippen LogP contribution in [0.25, 0.3) is 10.9 Å². The zero-order valence-corrected chi connectivity index (χ0v) is 52.2. The fourth-order valence-electron chi connectivity index (χ4n) is 8.54. The van der Waals surface area contributed by atoms with E-state index >= 15 is 0 Å². The molecule has 1 aromatic heterocycles. The van der Waals surface area contributed by atoms with Gasteiger partial charge in [0, 0.05) is 5.39 Å². The number of halogens is 1. The molecule has 428 valence electrons. The molecule has 2 aliphatic rings. The van der Waals surface area contributed by atoms with Crippen molar-refractivity contribution in [2.24, 2.45) is 0 Å². The topological polar surface area (TPSA) is 59.2 Å². The summed E-state index contributed by atoms with van der Waals surface area (Å²) in [6.07, 6.45) is 2.14. The second kappa shape index (κ2) is 51.4. The van der Waals surface area contributed by atoms with Gasteiger partial charge in [0.2, 0.25) is 5.52 Å². The molecule has 3 heterocycles. The second-order valence-electron chi connectivity index (χ2n) is 15.2. The molecule has 0 bridgehead atoms. The number of hydrogen-bond donors (Lipinski definition) is 2. The molecule has 2 aliphatic heterocycles. The Morgan fingerprint density at radius 3 is 1.10 bits per heavy atom. The van der Waals surface area contributed by atoms with Crippen LogP contribution in [0.15, 0.2) is 249 Å². The van der Waals surface area contributed by atoms with Crippen molar-refractivity contribution in [3.05, 3.63) is 255 Å². The summed E-state index contributed by atoms with van der Waals surface area (Å²) in [6, 6.07) is 84.4. The van der Waals surface area contributed by atoms with Crippen molar-refractivity contribution in [1.82, 2.24) is 0 Å². The second-order valence-corrected chi connectivity index (χ2v) is 15.2. The molecule has 0 atom stereocenters. The van der Waals surface area contributed by atoms with E-state index in [0.29, 0.717) is 0 Å². The van der Waals surface area contributed by atoms with Crippen LogP contribution < -0.4 is 64.1 Å². The predicted octanol–water partition coefficient (Wildman–Crippen LogP) is 10.4. The molecule has 0 saturated carbocycles. The van der Waals surface area contributed by atoms with Crippen LogP contribution in [0.3, 0.4) is 0 Å². The molecule has 9 aromatic rings. The molecule has 1 saturated heterocycles. The average molecular weight is 1160 g/mol. The zero-order valence-electron chi connectivity index (χ0n) is 49.2. The molecular formula is C70H102B3BrMgN2O3. The number of benzene rings is 8. The van der Waals surface area contributed by atoms with Crippen molar-refractivity contribution >= 4 is 86.6 Å². The van der Waals surface area contributed by atoms with Crippen LogP contribution >= 0.6 is 0 Å². The van der Waals surface area contributed by atoms with Gasteiger partial charge in [0.05, 0.1) is 13.2 Å². The Kier molecular flexibility index (Phi) is 53.4. The Morgan fingerprint density at radius 1 is 0.438 bits per heavy atom. The summed E-state index contributed by atoms with van der Waals surface area (Å²) in [6.45, 7) is 26.7. The third kappa shape index (κ3) is 23.8. The Balaban J connectivity index is -0.000000300. The molecule has 0 unspecified atom stereocenters. The first-order valence-corrected chi connectivity index (χ1v) is 28.0. The minimum absolute atomic E-state index is 0. The van der Waals surface area contributed by atoms with Crippen molar-refractivity contribution in [2.75, 3.05) is 13.2 Å². The van der Waals surface area contributed by atoms with E-state index in [1.54, 1.807) is 0 Å². The minimum atomic E-state index is -1.53. The van der Waals surface area contributed by atoms with Crippen molar-refractivity contribution in [3.63, 3.8) is 0 Å². The first-order valence-electron chi connectivity index (χ1n) is 28.0. The van der Waals surface area contributed by atoms with E-state index in [9.17, 15) is 5.02 Å². The standard InChI is InChI=1S/C21H16BNO.C14H16BNO.C12H11BO.C6H5.7C2H6.3CH4.BrH.Mg/c1-3-11-18(12-4-1)22(19-13-5-2-6-14-19)23-16-8-10-17-9-7-15-20(24-22)21(17)23;1-3-7-13(8-4-1)15(16-11-12-17-15)14-9-5-2-6-10-14;14-13(11-7-3-1-4-8-11)12-9-5-2-6-10-12;1-2-4-6-5-3-1;7*1-2;;;;;/h1-16H;1-10H,11-12,16H2;1-10,14H;1-5H;7*1-2H3;3*1H4;1H;/q;;;-1;;;;;;;;;;;;+2/p-1. The summed E-state index contributed by atoms with van der Waals surface area (Å²) in [5.41, 5.74) is 7.92. The van der Waals surface area contributed by atoms with Crippen LogP contribution in [0.4, 0.5) is 0 Å². The van der Waals surface area contributed by atoms with Crippen LogP contribution in [-0.4, -0.2) is 61.1 Å². The summed E-state index contributed by atoms with van der Waals surface area (Å²) in [5.74, 6) is 0.945. The van der Waals surface area contributed by atoms with Gasteiger partial charge in [0.25, 0.3) is 0 Å². The molecule has 5 nitrogen and oxygen atoms in total. The maximum Gasteiger partial charge on any atom is 2.00 e. The van der Waals surface area contributed by atoms with Crippen LogP contribution in [0.5, 0.6) is 5.75 Å². The number of nitrogens with zero attached hydrogens (tertiary/aromatic N) is 1. The molecular weight excluding hydrogens is 1050 g/mol. The Morgan fingerprint density at radius 2 is 0.775 bits per heavy atom. The van der Waals surface area contributed by atoms with E-state index < -0.39 is 19.9 Å². The minimum Gasteiger partial charge on any atom is -1.00 e. The number of nitrogens with two attached hydrogens (primary N) is 1. The summed E-state index contributed by atoms with van der Waals surface area (Å²) in [5, 5.41) is 13.5. The van der Waals surface area contributed by atoms with Gasteiger partial charge in [-0.05, 0) is 35.2 Å². The van der Waals surface area contributed by atoms with E-state index in [0.717, 1.165) is 35.3 Å². The van der Waals surface area contributed by atoms with Gasteiger partial charge in [0.1, 0.15) is 11.9 Å². The summed E-state index contributed by atoms with van der Waals surface area (Å²) in [4.78, 5) is 0. The molecule has 11 rings (SSSR count). The van der Waals surface area contributed by atoms with Gasteiger partial charge in [0.15, 0.2) is 0 Å². The third-order valence-corrected chi connectivity index (χ3v) is 11.4. The van der Waals surface area contributed by atoms with Crippen LogP contribution in [-0.2, 0) is 4.65 Å². The van der Waals surface area contributed by atoms with Gasteiger partial charge in [-0.25, -0.2) is 0 Å². The molecule has 10 heteroatoms. The molecule has 8 aromatic carbocycles. The molecule has 1 fully saturated rings. The Hall–Kier alpha value is -5.71. The Bertz CT molecular complexity index is 2540. The van der Waals surface area contributed by atoms with Gasteiger partial charge >= 0.3 is 42.9 Å². The van der Waals surface area contributed by atoms with Gasteiger partial charge < -0.3 is 41.0 Å². The molecule has 0 aliphatic carbocycles. The molecule has 0 spiro atoms. The Labute approximate surface area is 517 Å². The molecule has 3 N–H and O–H groups in total. The van der Waals surface area contributed by atoms with Gasteiger partial charge in [-0.2, -0.15) is 36.4 Å². The molecule has 0 amide bonds. The number of quaternary nitrogens is 1. The molecule has 0 radical (unpaired) electrons. The predicted molar refractivity (Wildman–Crippen MR) is 360 cm³/mol. The number of pyridine rings is 1. The van der Waals surface area contributed by atoms with Crippen molar-refractivity contribution < 1.29 is 41.0 Å². The van der Waals surface area contributed by atoms with Crippen molar-refractivity contribution in [2.45, 2.75) is 119 Å². The number of rotatable bonds is 6. The molecule has 80 heavy (non-hydrogen) atoms. The smallest absolute Gasteiger partial charge is 1.00 e. The fraction of sp³-hybridized carbons (Fsp3) is 0.271. The van der Waals surface area contributed by atoms with E-state index in [2.05, 4.69) is 149 Å². The van der Waals surface area contributed by atoms with E-state index in [1.165, 1.54) is 27.2 Å². The quantitative estimate of drug-likeness (QED) is 0.129. The third-order valence-electron chi connectivity index (χ3n) is 11.4. The largest absolute Gasteiger partial charge is 2.00 e.